The van der Waals surface area contributed by atoms with E-state index in [9.17, 15) is 4.79 Å². The highest BCUT2D eigenvalue weighted by Gasteiger charge is 2.14. The van der Waals surface area contributed by atoms with Crippen molar-refractivity contribution < 1.29 is 4.79 Å². The van der Waals surface area contributed by atoms with Crippen LogP contribution in [-0.2, 0) is 6.54 Å². The van der Waals surface area contributed by atoms with Crippen LogP contribution in [-0.4, -0.2) is 46.8 Å². The lowest BCUT2D eigenvalue weighted by molar-refractivity contribution is 0.248. The molecule has 4 aromatic rings. The van der Waals surface area contributed by atoms with Crippen LogP contribution < -0.4 is 16.4 Å². The fourth-order valence-electron chi connectivity index (χ4n) is 2.99. The quantitative estimate of drug-likeness (QED) is 0.422. The van der Waals surface area contributed by atoms with Crippen LogP contribution in [0.25, 0.3) is 22.5 Å². The first-order chi connectivity index (χ1) is 14.9. The van der Waals surface area contributed by atoms with Gasteiger partial charge in [0.15, 0.2) is 11.5 Å². The van der Waals surface area contributed by atoms with Gasteiger partial charge in [0, 0.05) is 23.7 Å². The highest BCUT2D eigenvalue weighted by Crippen LogP contribution is 2.24. The zero-order chi connectivity index (χ0) is 22.0. The number of aromatic nitrogens is 7. The predicted octanol–water partition coefficient (Wildman–Crippen LogP) is 1.26. The molecular weight excluding hydrogens is 398 g/mol. The van der Waals surface area contributed by atoms with E-state index in [1.54, 1.807) is 34.0 Å². The summed E-state index contributed by atoms with van der Waals surface area (Å²) in [5.41, 5.74) is 8.14. The van der Waals surface area contributed by atoms with Crippen molar-refractivity contribution >= 4 is 22.8 Å². The number of nitrogens with one attached hydrogen (secondary N) is 2. The molecule has 4 heterocycles. The molecule has 0 spiro atoms. The Morgan fingerprint density at radius 2 is 2.10 bits per heavy atom. The lowest BCUT2D eigenvalue weighted by Crippen LogP contribution is -2.28. The first-order valence-electron chi connectivity index (χ1n) is 9.40. The molecule has 12 nitrogen and oxygen atoms in total. The van der Waals surface area contributed by atoms with Gasteiger partial charge in [0.2, 0.25) is 0 Å². The monoisotopic (exact) mass is 417 g/mol. The first kappa shape index (κ1) is 19.8. The molecule has 156 valence electrons. The Morgan fingerprint density at radius 3 is 2.84 bits per heavy atom. The maximum absolute atomic E-state index is 10.9. The summed E-state index contributed by atoms with van der Waals surface area (Å²) >= 11 is 0. The van der Waals surface area contributed by atoms with E-state index in [4.69, 9.17) is 11.0 Å². The minimum absolute atomic E-state index is 0.138. The second-order valence-electron chi connectivity index (χ2n) is 7.04. The van der Waals surface area contributed by atoms with Crippen LogP contribution in [0.2, 0.25) is 0 Å². The van der Waals surface area contributed by atoms with Crippen LogP contribution in [0.4, 0.5) is 10.5 Å². The summed E-state index contributed by atoms with van der Waals surface area (Å²) in [6.07, 6.45) is 6.48. The van der Waals surface area contributed by atoms with Gasteiger partial charge in [0.25, 0.3) is 0 Å². The highest BCUT2D eigenvalue weighted by atomic mass is 16.2. The molecule has 4 rings (SSSR count). The van der Waals surface area contributed by atoms with Crippen LogP contribution in [0.5, 0.6) is 0 Å². The number of primary amides is 1. The van der Waals surface area contributed by atoms with E-state index in [0.29, 0.717) is 28.4 Å². The Morgan fingerprint density at radius 1 is 1.26 bits per heavy atom. The van der Waals surface area contributed by atoms with E-state index >= 15 is 0 Å². The maximum atomic E-state index is 10.9. The van der Waals surface area contributed by atoms with Crippen molar-refractivity contribution in [2.24, 2.45) is 5.73 Å². The minimum atomic E-state index is -0.635. The van der Waals surface area contributed by atoms with Crippen molar-refractivity contribution in [2.75, 3.05) is 5.32 Å². The molecule has 12 heteroatoms. The summed E-state index contributed by atoms with van der Waals surface area (Å²) in [5.74, 6) is 0.551. The number of pyridine rings is 2. The maximum Gasteiger partial charge on any atom is 0.312 e. The third-order valence-corrected chi connectivity index (χ3v) is 4.30. The van der Waals surface area contributed by atoms with Crippen molar-refractivity contribution in [3.8, 4) is 17.6 Å². The molecule has 0 bridgehead atoms. The zero-order valence-electron chi connectivity index (χ0n) is 16.8. The number of hydrogen-bond donors (Lipinski definition) is 3. The molecule has 0 atom stereocenters. The molecule has 0 aromatic carbocycles. The molecule has 0 aliphatic carbocycles. The Bertz CT molecular complexity index is 1300. The number of nitriles is 1. The normalized spacial score (nSPS) is 10.9. The molecule has 4 N–H and O–H groups in total. The van der Waals surface area contributed by atoms with Crippen LogP contribution in [0.1, 0.15) is 25.1 Å². The number of carbonyl (C=O) groups is 1. The van der Waals surface area contributed by atoms with E-state index in [0.717, 1.165) is 11.1 Å². The van der Waals surface area contributed by atoms with E-state index in [-0.39, 0.29) is 12.6 Å². The molecule has 0 saturated heterocycles. The minimum Gasteiger partial charge on any atom is -0.381 e. The third kappa shape index (κ3) is 4.10. The van der Waals surface area contributed by atoms with Gasteiger partial charge < -0.3 is 16.4 Å². The molecular formula is C19H19N11O. The number of anilines is 1. The smallest absolute Gasteiger partial charge is 0.312 e. The van der Waals surface area contributed by atoms with Crippen molar-refractivity contribution in [2.45, 2.75) is 26.4 Å². The number of fused-ring (bicyclic) bond motifs is 1. The van der Waals surface area contributed by atoms with Crippen LogP contribution >= 0.6 is 0 Å². The molecule has 0 aliphatic heterocycles. The van der Waals surface area contributed by atoms with Crippen molar-refractivity contribution in [1.82, 2.24) is 40.1 Å². The van der Waals surface area contributed by atoms with Crippen molar-refractivity contribution in [1.29, 1.82) is 5.26 Å². The van der Waals surface area contributed by atoms with Crippen LogP contribution in [0.15, 0.2) is 36.9 Å². The zero-order valence-corrected chi connectivity index (χ0v) is 16.8. The second kappa shape index (κ2) is 8.07. The van der Waals surface area contributed by atoms with E-state index in [1.165, 1.54) is 6.20 Å². The van der Waals surface area contributed by atoms with Crippen LogP contribution in [0, 0.1) is 11.3 Å². The molecule has 0 fully saturated rings. The van der Waals surface area contributed by atoms with Gasteiger partial charge in [0.05, 0.1) is 36.4 Å². The second-order valence-corrected chi connectivity index (χ2v) is 7.04. The Kier molecular flexibility index (Phi) is 5.15. The highest BCUT2D eigenvalue weighted by molar-refractivity contribution is 5.77. The Hall–Kier alpha value is -4.53. The third-order valence-electron chi connectivity index (χ3n) is 4.30. The van der Waals surface area contributed by atoms with E-state index in [1.807, 2.05) is 19.9 Å². The Balaban J connectivity index is 1.73. The largest absolute Gasteiger partial charge is 0.381 e. The van der Waals surface area contributed by atoms with E-state index in [2.05, 4.69) is 42.1 Å². The number of carbonyl (C=O) groups excluding carboxylic acids is 1. The van der Waals surface area contributed by atoms with Crippen molar-refractivity contribution in [3.05, 3.63) is 48.2 Å². The number of amides is 2. The molecule has 31 heavy (non-hydrogen) atoms. The summed E-state index contributed by atoms with van der Waals surface area (Å²) in [5, 5.41) is 28.2. The molecule has 4 aromatic heterocycles. The van der Waals surface area contributed by atoms with Gasteiger partial charge in [-0.2, -0.15) is 15.0 Å². The van der Waals surface area contributed by atoms with Gasteiger partial charge in [0.1, 0.15) is 17.5 Å². The summed E-state index contributed by atoms with van der Waals surface area (Å²) in [4.78, 5) is 19.8. The lowest BCUT2D eigenvalue weighted by Gasteiger charge is -2.15. The molecule has 2 amide bonds. The standard InChI is InChI=1S/C19H19N11O/c1-11(2)26-15-4-17(30-18-13(7-25-30)3-12(5-20)6-23-18)22-9-16(15)29-10-14(27-28-29)8-24-19(21)31/h3-4,6-7,9-11H,8H2,1-2H3,(H,22,26)(H3,21,24,31). The number of rotatable bonds is 6. The average molecular weight is 417 g/mol. The number of nitrogens with two attached hydrogens (primary N) is 1. The van der Waals surface area contributed by atoms with Gasteiger partial charge in [-0.05, 0) is 19.9 Å². The number of nitrogens with zero attached hydrogens (tertiary/aromatic N) is 8. The summed E-state index contributed by atoms with van der Waals surface area (Å²) < 4.78 is 3.17. The van der Waals surface area contributed by atoms with Gasteiger partial charge in [-0.15, -0.1) is 5.10 Å². The van der Waals surface area contributed by atoms with Gasteiger partial charge in [-0.1, -0.05) is 5.21 Å². The SMILES string of the molecule is CC(C)Nc1cc(-n2ncc3cc(C#N)cnc32)ncc1-n1cc(CNC(N)=O)nn1. The van der Waals surface area contributed by atoms with Crippen molar-refractivity contribution in [3.63, 3.8) is 0 Å². The fraction of sp³-hybridized carbons (Fsp3) is 0.211. The van der Waals surface area contributed by atoms with Gasteiger partial charge in [-0.3, -0.25) is 0 Å². The van der Waals surface area contributed by atoms with Crippen LogP contribution in [0.3, 0.4) is 0 Å². The first-order valence-corrected chi connectivity index (χ1v) is 9.40. The summed E-state index contributed by atoms with van der Waals surface area (Å²) in [6, 6.07) is 5.14. The van der Waals surface area contributed by atoms with Gasteiger partial charge >= 0.3 is 6.03 Å². The Labute approximate surface area is 176 Å². The number of urea groups is 1. The number of hydrogen-bond acceptors (Lipinski definition) is 8. The molecule has 0 aliphatic rings. The average Bonchev–Trinajstić information content (AvgIpc) is 3.38. The predicted molar refractivity (Wildman–Crippen MR) is 111 cm³/mol. The summed E-state index contributed by atoms with van der Waals surface area (Å²) in [7, 11) is 0. The van der Waals surface area contributed by atoms with Gasteiger partial charge in [-0.25, -0.2) is 19.4 Å². The molecule has 0 unspecified atom stereocenters. The van der Waals surface area contributed by atoms with E-state index < -0.39 is 6.03 Å². The lowest BCUT2D eigenvalue weighted by atomic mass is 10.2. The summed E-state index contributed by atoms with van der Waals surface area (Å²) in [6.45, 7) is 4.20. The molecule has 0 radical (unpaired) electrons. The fourth-order valence-corrected chi connectivity index (χ4v) is 2.99. The molecule has 0 saturated carbocycles. The topological polar surface area (TPSA) is 165 Å².